The average Bonchev–Trinajstić information content (AvgIpc) is 2.79. The monoisotopic (exact) mass is 601 g/mol. The third kappa shape index (κ3) is 5.80. The lowest BCUT2D eigenvalue weighted by atomic mass is 10.1. The Kier molecular flexibility index (Phi) is 8.16. The summed E-state index contributed by atoms with van der Waals surface area (Å²) in [6.07, 6.45) is 0. The zero-order chi connectivity index (χ0) is 23.3. The molecule has 0 aliphatic rings. The Morgan fingerprint density at radius 3 is 2.31 bits per heavy atom. The highest BCUT2D eigenvalue weighted by molar-refractivity contribution is 14.1. The van der Waals surface area contributed by atoms with Crippen LogP contribution in [0.3, 0.4) is 0 Å². The zero-order valence-electron chi connectivity index (χ0n) is 16.8. The average molecular weight is 602 g/mol. The van der Waals surface area contributed by atoms with Crippen LogP contribution in [0.2, 0.25) is 10.0 Å². The maximum Gasteiger partial charge on any atom is 0.264 e. The van der Waals surface area contributed by atoms with Crippen LogP contribution in [0, 0.1) is 3.57 Å². The van der Waals surface area contributed by atoms with Gasteiger partial charge in [-0.05, 0) is 71.5 Å². The normalized spacial score (nSPS) is 11.8. The number of rotatable bonds is 7. The zero-order valence-corrected chi connectivity index (χ0v) is 21.3. The van der Waals surface area contributed by atoms with Crippen molar-refractivity contribution in [3.05, 3.63) is 92.0 Å². The van der Waals surface area contributed by atoms with E-state index < -0.39 is 22.5 Å². The predicted molar refractivity (Wildman–Crippen MR) is 137 cm³/mol. The van der Waals surface area contributed by atoms with Gasteiger partial charge in [-0.25, -0.2) is 13.8 Å². The van der Waals surface area contributed by atoms with E-state index in [4.69, 9.17) is 23.2 Å². The Bertz CT molecular complexity index is 1250. The molecule has 0 fully saturated rings. The summed E-state index contributed by atoms with van der Waals surface area (Å²) in [5.74, 6) is -0.634. The fourth-order valence-corrected chi connectivity index (χ4v) is 5.03. The molecule has 3 aromatic rings. The van der Waals surface area contributed by atoms with Gasteiger partial charge in [0.25, 0.3) is 15.9 Å². The molecule has 3 aromatic carbocycles. The van der Waals surface area contributed by atoms with Crippen LogP contribution in [0.15, 0.2) is 82.8 Å². The minimum atomic E-state index is -4.10. The number of hydrogen-bond donors (Lipinski definition) is 1. The van der Waals surface area contributed by atoms with Crippen molar-refractivity contribution in [3.63, 3.8) is 0 Å². The van der Waals surface area contributed by atoms with Gasteiger partial charge >= 0.3 is 0 Å². The van der Waals surface area contributed by atoms with E-state index in [0.29, 0.717) is 5.71 Å². The summed E-state index contributed by atoms with van der Waals surface area (Å²) in [6.45, 7) is 1.20. The minimum Gasteiger partial charge on any atom is -0.271 e. The van der Waals surface area contributed by atoms with Crippen LogP contribution >= 0.6 is 45.8 Å². The molecule has 10 heteroatoms. The first-order chi connectivity index (χ1) is 15.2. The van der Waals surface area contributed by atoms with Crippen LogP contribution in [0.4, 0.5) is 5.69 Å². The van der Waals surface area contributed by atoms with Gasteiger partial charge in [-0.1, -0.05) is 59.6 Å². The minimum absolute atomic E-state index is 0.0161. The van der Waals surface area contributed by atoms with Gasteiger partial charge in [0.15, 0.2) is 0 Å². The molecule has 0 aliphatic heterocycles. The van der Waals surface area contributed by atoms with Crippen molar-refractivity contribution in [1.29, 1.82) is 0 Å². The molecule has 0 radical (unpaired) electrons. The van der Waals surface area contributed by atoms with Crippen LogP contribution in [-0.4, -0.2) is 26.6 Å². The molecule has 0 aromatic heterocycles. The second-order valence-corrected chi connectivity index (χ2v) is 10.5. The lowest BCUT2D eigenvalue weighted by Crippen LogP contribution is -2.40. The second kappa shape index (κ2) is 10.7. The van der Waals surface area contributed by atoms with Gasteiger partial charge in [0.1, 0.15) is 6.54 Å². The number of halogens is 3. The summed E-state index contributed by atoms with van der Waals surface area (Å²) in [5.41, 5.74) is 3.92. The van der Waals surface area contributed by atoms with Crippen molar-refractivity contribution < 1.29 is 13.2 Å². The Hall–Kier alpha value is -2.14. The van der Waals surface area contributed by atoms with Gasteiger partial charge in [0.2, 0.25) is 0 Å². The molecule has 0 bridgehead atoms. The van der Waals surface area contributed by atoms with Crippen LogP contribution in [-0.2, 0) is 14.8 Å². The van der Waals surface area contributed by atoms with E-state index >= 15 is 0 Å². The van der Waals surface area contributed by atoms with Crippen LogP contribution in [0.25, 0.3) is 0 Å². The Morgan fingerprint density at radius 2 is 1.66 bits per heavy atom. The third-order valence-electron chi connectivity index (χ3n) is 4.43. The van der Waals surface area contributed by atoms with Gasteiger partial charge in [-0.15, -0.1) is 0 Å². The van der Waals surface area contributed by atoms with E-state index in [-0.39, 0.29) is 20.6 Å². The van der Waals surface area contributed by atoms with Gasteiger partial charge in [0, 0.05) is 3.57 Å². The highest BCUT2D eigenvalue weighted by Gasteiger charge is 2.29. The summed E-state index contributed by atoms with van der Waals surface area (Å²) in [4.78, 5) is 12.7. The molecule has 0 saturated carbocycles. The van der Waals surface area contributed by atoms with Gasteiger partial charge in [-0.3, -0.25) is 9.10 Å². The number of sulfonamides is 1. The van der Waals surface area contributed by atoms with E-state index in [1.165, 1.54) is 24.3 Å². The van der Waals surface area contributed by atoms with Crippen molar-refractivity contribution in [1.82, 2.24) is 5.43 Å². The van der Waals surface area contributed by atoms with Crippen molar-refractivity contribution in [2.75, 3.05) is 10.8 Å². The Labute approximate surface area is 210 Å². The molecule has 3 rings (SSSR count). The second-order valence-electron chi connectivity index (χ2n) is 6.64. The first kappa shape index (κ1) is 24.5. The predicted octanol–water partition coefficient (Wildman–Crippen LogP) is 5.33. The van der Waals surface area contributed by atoms with Crippen molar-refractivity contribution in [2.45, 2.75) is 11.8 Å². The van der Waals surface area contributed by atoms with Crippen molar-refractivity contribution in [2.24, 2.45) is 5.10 Å². The van der Waals surface area contributed by atoms with Crippen molar-refractivity contribution in [3.8, 4) is 0 Å². The van der Waals surface area contributed by atoms with Gasteiger partial charge in [-0.2, -0.15) is 5.10 Å². The molecule has 0 aliphatic carbocycles. The molecule has 0 spiro atoms. The summed E-state index contributed by atoms with van der Waals surface area (Å²) < 4.78 is 28.7. The van der Waals surface area contributed by atoms with Crippen LogP contribution in [0.5, 0.6) is 0 Å². The topological polar surface area (TPSA) is 78.8 Å². The molecular weight excluding hydrogens is 584 g/mol. The maximum atomic E-state index is 13.3. The molecule has 6 nitrogen and oxygen atoms in total. The Balaban J connectivity index is 1.90. The first-order valence-electron chi connectivity index (χ1n) is 9.31. The summed E-state index contributed by atoms with van der Waals surface area (Å²) in [6, 6.07) is 20.0. The molecule has 0 saturated heterocycles. The summed E-state index contributed by atoms with van der Waals surface area (Å²) in [7, 11) is -4.10. The lowest BCUT2D eigenvalue weighted by molar-refractivity contribution is -0.119. The summed E-state index contributed by atoms with van der Waals surface area (Å²) in [5, 5.41) is 4.30. The van der Waals surface area contributed by atoms with Gasteiger partial charge < -0.3 is 0 Å². The van der Waals surface area contributed by atoms with Crippen LogP contribution < -0.4 is 9.73 Å². The van der Waals surface area contributed by atoms with E-state index in [9.17, 15) is 13.2 Å². The fourth-order valence-electron chi connectivity index (χ4n) is 2.77. The molecule has 1 amide bonds. The number of amides is 1. The number of nitrogens with zero attached hydrogens (tertiary/aromatic N) is 2. The quantitative estimate of drug-likeness (QED) is 0.226. The fraction of sp³-hybridized carbons (Fsp3) is 0.0909. The highest BCUT2D eigenvalue weighted by Crippen LogP contribution is 2.35. The maximum absolute atomic E-state index is 13.3. The molecule has 0 heterocycles. The molecule has 1 N–H and O–H groups in total. The largest absolute Gasteiger partial charge is 0.271 e. The van der Waals surface area contributed by atoms with E-state index in [2.05, 4.69) is 33.1 Å². The first-order valence-corrected chi connectivity index (χ1v) is 12.6. The van der Waals surface area contributed by atoms with E-state index in [1.54, 1.807) is 31.2 Å². The van der Waals surface area contributed by atoms with Gasteiger partial charge in [0.05, 0.1) is 26.3 Å². The number of hydrogen-bond acceptors (Lipinski definition) is 4. The van der Waals surface area contributed by atoms with E-state index in [0.717, 1.165) is 13.4 Å². The lowest BCUT2D eigenvalue weighted by Gasteiger charge is -2.25. The molecule has 166 valence electrons. The number of anilines is 1. The molecular formula is C22H18Cl2IN3O3S. The number of benzene rings is 3. The van der Waals surface area contributed by atoms with Crippen LogP contribution in [0.1, 0.15) is 12.5 Å². The number of hydrazone groups is 1. The smallest absolute Gasteiger partial charge is 0.264 e. The summed E-state index contributed by atoms with van der Waals surface area (Å²) >= 11 is 14.6. The molecule has 32 heavy (non-hydrogen) atoms. The molecule has 0 atom stereocenters. The Morgan fingerprint density at radius 1 is 1.00 bits per heavy atom. The number of carbonyl (C=O) groups excluding carboxylic acids is 1. The SMILES string of the molecule is C/C(=N/NC(=O)CN(c1cccc(Cl)c1Cl)S(=O)(=O)c1ccccc1)c1ccc(I)cc1. The number of carbonyl (C=O) groups is 1. The van der Waals surface area contributed by atoms with E-state index in [1.807, 2.05) is 24.3 Å². The molecule has 0 unspecified atom stereocenters. The highest BCUT2D eigenvalue weighted by atomic mass is 127. The van der Waals surface area contributed by atoms with Crippen molar-refractivity contribution >= 4 is 73.1 Å². The standard InChI is InChI=1S/C22H18Cl2IN3O3S/c1-15(16-10-12-17(25)13-11-16)26-27-21(29)14-28(20-9-5-8-19(23)22(20)24)32(30,31)18-6-3-2-4-7-18/h2-13H,14H2,1H3,(H,27,29)/b26-15-. The number of nitrogens with one attached hydrogen (secondary N) is 1. The third-order valence-corrected chi connectivity index (χ3v) is 7.73.